The van der Waals surface area contributed by atoms with Crippen molar-refractivity contribution in [2.75, 3.05) is 0 Å². The number of rotatable bonds is 7. The van der Waals surface area contributed by atoms with Crippen molar-refractivity contribution in [1.29, 1.82) is 0 Å². The van der Waals surface area contributed by atoms with Gasteiger partial charge in [0.2, 0.25) is 0 Å². The van der Waals surface area contributed by atoms with Crippen LogP contribution in [0.5, 0.6) is 5.75 Å². The maximum absolute atomic E-state index is 13.4. The maximum atomic E-state index is 13.4. The van der Waals surface area contributed by atoms with Crippen LogP contribution in [0.1, 0.15) is 38.2 Å². The molecule has 2 aliphatic carbocycles. The number of carbonyl (C=O) groups excluding carboxylic acids is 1. The van der Waals surface area contributed by atoms with Crippen LogP contribution in [0.3, 0.4) is 0 Å². The molecule has 114 valence electrons. The first-order valence-corrected chi connectivity index (χ1v) is 7.60. The average Bonchev–Trinajstić information content (AvgIpc) is 3.33. The Bertz CT molecular complexity index is 527. The smallest absolute Gasteiger partial charge is 0.260 e. The molecule has 0 spiro atoms. The molecule has 2 N–H and O–H groups in total. The Hall–Kier alpha value is -1.62. The molecule has 0 heterocycles. The first kappa shape index (κ1) is 14.3. The van der Waals surface area contributed by atoms with Gasteiger partial charge in [-0.1, -0.05) is 0 Å². The van der Waals surface area contributed by atoms with Crippen molar-refractivity contribution in [3.05, 3.63) is 29.6 Å². The molecular formula is C16H21FN2O2. The van der Waals surface area contributed by atoms with Crippen molar-refractivity contribution >= 4 is 5.91 Å². The highest BCUT2D eigenvalue weighted by molar-refractivity contribution is 5.81. The second-order valence-corrected chi connectivity index (χ2v) is 5.95. The minimum Gasteiger partial charge on any atom is -0.481 e. The van der Waals surface area contributed by atoms with Gasteiger partial charge in [-0.05, 0) is 50.8 Å². The van der Waals surface area contributed by atoms with E-state index in [1.807, 2.05) is 0 Å². The van der Waals surface area contributed by atoms with E-state index in [-0.39, 0.29) is 11.7 Å². The predicted octanol–water partition coefficient (Wildman–Crippen LogP) is 2.12. The lowest BCUT2D eigenvalue weighted by atomic mass is 10.2. The van der Waals surface area contributed by atoms with Gasteiger partial charge in [0.1, 0.15) is 11.6 Å². The lowest BCUT2D eigenvalue weighted by molar-refractivity contribution is -0.127. The molecule has 1 unspecified atom stereocenters. The second kappa shape index (κ2) is 6.02. The Kier molecular flexibility index (Phi) is 4.10. The van der Waals surface area contributed by atoms with Gasteiger partial charge in [0, 0.05) is 24.2 Å². The van der Waals surface area contributed by atoms with Crippen LogP contribution >= 0.6 is 0 Å². The van der Waals surface area contributed by atoms with E-state index in [1.165, 1.54) is 25.0 Å². The molecule has 1 amide bonds. The topological polar surface area (TPSA) is 50.4 Å². The molecule has 1 aromatic rings. The van der Waals surface area contributed by atoms with Gasteiger partial charge in [0.15, 0.2) is 6.10 Å². The lowest BCUT2D eigenvalue weighted by Crippen LogP contribution is -2.37. The minimum atomic E-state index is -0.573. The molecule has 1 aromatic carbocycles. The molecule has 0 bridgehead atoms. The number of hydrogen-bond donors (Lipinski definition) is 2. The van der Waals surface area contributed by atoms with Crippen LogP contribution in [-0.4, -0.2) is 24.1 Å². The molecule has 0 aromatic heterocycles. The monoisotopic (exact) mass is 292 g/mol. The predicted molar refractivity (Wildman–Crippen MR) is 77.5 cm³/mol. The molecule has 2 fully saturated rings. The van der Waals surface area contributed by atoms with Gasteiger partial charge in [0.25, 0.3) is 5.91 Å². The zero-order valence-electron chi connectivity index (χ0n) is 12.2. The minimum absolute atomic E-state index is 0.108. The first-order valence-electron chi connectivity index (χ1n) is 7.60. The summed E-state index contributed by atoms with van der Waals surface area (Å²) in [5.74, 6) is 0.177. The molecule has 5 heteroatoms. The normalized spacial score (nSPS) is 19.1. The molecule has 2 saturated carbocycles. The number of benzene rings is 1. The molecule has 0 radical (unpaired) electrons. The number of nitrogens with one attached hydrogen (secondary N) is 2. The summed E-state index contributed by atoms with van der Waals surface area (Å²) in [5.41, 5.74) is 0.757. The van der Waals surface area contributed by atoms with Crippen molar-refractivity contribution in [2.45, 2.75) is 57.3 Å². The molecule has 4 nitrogen and oxygen atoms in total. The van der Waals surface area contributed by atoms with E-state index in [0.717, 1.165) is 18.4 Å². The zero-order chi connectivity index (χ0) is 14.8. The summed E-state index contributed by atoms with van der Waals surface area (Å²) in [6.07, 6.45) is 3.87. The third kappa shape index (κ3) is 4.17. The number of carbonyl (C=O) groups is 1. The highest BCUT2D eigenvalue weighted by Crippen LogP contribution is 2.25. The van der Waals surface area contributed by atoms with Crippen LogP contribution in [0, 0.1) is 5.82 Å². The number of halogens is 1. The summed E-state index contributed by atoms with van der Waals surface area (Å²) in [6.45, 7) is 2.29. The van der Waals surface area contributed by atoms with Gasteiger partial charge in [-0.2, -0.15) is 0 Å². The highest BCUT2D eigenvalue weighted by atomic mass is 19.1. The van der Waals surface area contributed by atoms with Crippen LogP contribution in [0.4, 0.5) is 4.39 Å². The third-order valence-electron chi connectivity index (χ3n) is 3.78. The van der Waals surface area contributed by atoms with Crippen LogP contribution in [0.25, 0.3) is 0 Å². The molecule has 1 atom stereocenters. The standard InChI is InChI=1S/C16H21FN2O2/c1-10(16(20)19-14-5-6-14)21-15-7-2-12(17)8-11(15)9-18-13-3-4-13/h2,7-8,10,13-14,18H,3-6,9H2,1H3,(H,19,20). The maximum Gasteiger partial charge on any atom is 0.260 e. The van der Waals surface area contributed by atoms with Crippen molar-refractivity contribution in [1.82, 2.24) is 10.6 Å². The van der Waals surface area contributed by atoms with Crippen LogP contribution in [-0.2, 0) is 11.3 Å². The first-order chi connectivity index (χ1) is 10.1. The fraction of sp³-hybridized carbons (Fsp3) is 0.562. The van der Waals surface area contributed by atoms with Gasteiger partial charge >= 0.3 is 0 Å². The quantitative estimate of drug-likeness (QED) is 0.809. The van der Waals surface area contributed by atoms with E-state index in [2.05, 4.69) is 10.6 Å². The zero-order valence-corrected chi connectivity index (χ0v) is 12.2. The van der Waals surface area contributed by atoms with E-state index >= 15 is 0 Å². The summed E-state index contributed by atoms with van der Waals surface area (Å²) in [4.78, 5) is 11.9. The largest absolute Gasteiger partial charge is 0.481 e. The molecule has 2 aliphatic rings. The van der Waals surface area contributed by atoms with E-state index in [9.17, 15) is 9.18 Å². The number of amides is 1. The lowest BCUT2D eigenvalue weighted by Gasteiger charge is -2.17. The van der Waals surface area contributed by atoms with E-state index < -0.39 is 6.10 Å². The number of hydrogen-bond acceptors (Lipinski definition) is 3. The van der Waals surface area contributed by atoms with Crippen molar-refractivity contribution in [3.63, 3.8) is 0 Å². The van der Waals surface area contributed by atoms with Gasteiger partial charge in [-0.15, -0.1) is 0 Å². The van der Waals surface area contributed by atoms with Crippen LogP contribution in [0.15, 0.2) is 18.2 Å². The Labute approximate surface area is 124 Å². The summed E-state index contributed by atoms with van der Waals surface area (Å²) in [5, 5.41) is 6.25. The SMILES string of the molecule is CC(Oc1ccc(F)cc1CNC1CC1)C(=O)NC1CC1. The molecule has 0 saturated heterocycles. The van der Waals surface area contributed by atoms with E-state index in [4.69, 9.17) is 4.74 Å². The van der Waals surface area contributed by atoms with Crippen LogP contribution < -0.4 is 15.4 Å². The summed E-state index contributed by atoms with van der Waals surface area (Å²) in [7, 11) is 0. The summed E-state index contributed by atoms with van der Waals surface area (Å²) >= 11 is 0. The summed E-state index contributed by atoms with van der Waals surface area (Å²) < 4.78 is 19.1. The van der Waals surface area contributed by atoms with E-state index in [1.54, 1.807) is 13.0 Å². The molecule has 0 aliphatic heterocycles. The Morgan fingerprint density at radius 1 is 1.33 bits per heavy atom. The molecule has 21 heavy (non-hydrogen) atoms. The van der Waals surface area contributed by atoms with Crippen molar-refractivity contribution < 1.29 is 13.9 Å². The van der Waals surface area contributed by atoms with Gasteiger partial charge in [-0.3, -0.25) is 4.79 Å². The number of ether oxygens (including phenoxy) is 1. The molecule has 3 rings (SSSR count). The third-order valence-corrected chi connectivity index (χ3v) is 3.78. The summed E-state index contributed by atoms with van der Waals surface area (Å²) in [6, 6.07) is 5.28. The van der Waals surface area contributed by atoms with Gasteiger partial charge in [0.05, 0.1) is 0 Å². The highest BCUT2D eigenvalue weighted by Gasteiger charge is 2.27. The Morgan fingerprint density at radius 2 is 2.05 bits per heavy atom. The fourth-order valence-electron chi connectivity index (χ4n) is 2.13. The van der Waals surface area contributed by atoms with Crippen molar-refractivity contribution in [3.8, 4) is 5.75 Å². The fourth-order valence-corrected chi connectivity index (χ4v) is 2.13. The van der Waals surface area contributed by atoms with E-state index in [0.29, 0.717) is 24.4 Å². The second-order valence-electron chi connectivity index (χ2n) is 5.95. The van der Waals surface area contributed by atoms with Crippen LogP contribution in [0.2, 0.25) is 0 Å². The van der Waals surface area contributed by atoms with Crippen molar-refractivity contribution in [2.24, 2.45) is 0 Å². The average molecular weight is 292 g/mol. The molecular weight excluding hydrogens is 271 g/mol. The Morgan fingerprint density at radius 3 is 2.71 bits per heavy atom. The van der Waals surface area contributed by atoms with Gasteiger partial charge in [-0.25, -0.2) is 4.39 Å². The Balaban J connectivity index is 1.62. The van der Waals surface area contributed by atoms with Gasteiger partial charge < -0.3 is 15.4 Å².